The summed E-state index contributed by atoms with van der Waals surface area (Å²) in [6.07, 6.45) is 0.604. The van der Waals surface area contributed by atoms with Crippen molar-refractivity contribution in [1.29, 1.82) is 0 Å². The summed E-state index contributed by atoms with van der Waals surface area (Å²) in [6.45, 7) is 0.734. The smallest absolute Gasteiger partial charge is 0.335 e. The number of nitrogens with two attached hydrogens (primary N) is 1. The van der Waals surface area contributed by atoms with Crippen LogP contribution in [0.15, 0.2) is 24.3 Å². The summed E-state index contributed by atoms with van der Waals surface area (Å²) in [5.74, 6) is -0.648. The number of carbonyl (C=O) groups excluding carboxylic acids is 1. The van der Waals surface area contributed by atoms with E-state index in [0.717, 1.165) is 0 Å². The van der Waals surface area contributed by atoms with Gasteiger partial charge in [0, 0.05) is 14.2 Å². The van der Waals surface area contributed by atoms with Crippen molar-refractivity contribution in [2.45, 2.75) is 14.0 Å². The first-order chi connectivity index (χ1) is 13.0. The van der Waals surface area contributed by atoms with E-state index >= 15 is 0 Å². The van der Waals surface area contributed by atoms with E-state index in [1.54, 1.807) is 19.2 Å². The number of ether oxygens (including phenoxy) is 2. The van der Waals surface area contributed by atoms with Gasteiger partial charge in [0.2, 0.25) is 6.41 Å². The van der Waals surface area contributed by atoms with Crippen molar-refractivity contribution < 1.29 is 24.2 Å². The quantitative estimate of drug-likeness (QED) is 0.407. The van der Waals surface area contributed by atoms with Gasteiger partial charge in [-0.25, -0.2) is 4.79 Å². The standard InChI is InChI=1S/C17H21N5O5.CH4/c1-19-13-14(18)20-17(27-8-7-26-2)21-15(13)22(10-23)9-11-3-5-12(6-4-11)16(24)25;/h3-6,10,19H,7-9H2,1-2H3,(H,24,25)(H2,18,20,21);1H4. The first-order valence-corrected chi connectivity index (χ1v) is 8.01. The van der Waals surface area contributed by atoms with E-state index in [2.05, 4.69) is 15.3 Å². The molecule has 0 unspecified atom stereocenters. The van der Waals surface area contributed by atoms with Crippen LogP contribution in [0.2, 0.25) is 0 Å². The maximum Gasteiger partial charge on any atom is 0.335 e. The number of carbonyl (C=O) groups is 2. The Labute approximate surface area is 163 Å². The Bertz CT molecular complexity index is 798. The predicted molar refractivity (Wildman–Crippen MR) is 106 cm³/mol. The average molecular weight is 391 g/mol. The Balaban J connectivity index is 0.00000392. The molecule has 0 aliphatic heterocycles. The second-order valence-corrected chi connectivity index (χ2v) is 5.42. The van der Waals surface area contributed by atoms with Crippen LogP contribution in [0.1, 0.15) is 23.3 Å². The SMILES string of the molecule is C.CNc1c(N)nc(OCCOC)nc1N(C=O)Cc1ccc(C(=O)O)cc1. The molecule has 0 fully saturated rings. The fourth-order valence-electron chi connectivity index (χ4n) is 2.29. The van der Waals surface area contributed by atoms with Crippen LogP contribution in [0.25, 0.3) is 0 Å². The molecule has 1 heterocycles. The van der Waals surface area contributed by atoms with E-state index in [1.807, 2.05) is 0 Å². The number of nitrogen functional groups attached to an aromatic ring is 1. The molecule has 1 aromatic carbocycles. The molecule has 0 saturated carbocycles. The molecule has 0 aliphatic carbocycles. The van der Waals surface area contributed by atoms with Gasteiger partial charge in [0.25, 0.3) is 0 Å². The monoisotopic (exact) mass is 391 g/mol. The Morgan fingerprint density at radius 2 is 1.96 bits per heavy atom. The third kappa shape index (κ3) is 5.55. The fraction of sp³-hybridized carbons (Fsp3) is 0.333. The van der Waals surface area contributed by atoms with E-state index in [-0.39, 0.29) is 43.8 Å². The summed E-state index contributed by atoms with van der Waals surface area (Å²) in [4.78, 5) is 32.3. The first-order valence-electron chi connectivity index (χ1n) is 8.01. The largest absolute Gasteiger partial charge is 0.478 e. The van der Waals surface area contributed by atoms with E-state index < -0.39 is 5.97 Å². The summed E-state index contributed by atoms with van der Waals surface area (Å²) in [5, 5.41) is 11.8. The molecule has 0 atom stereocenters. The summed E-state index contributed by atoms with van der Waals surface area (Å²) < 4.78 is 10.3. The highest BCUT2D eigenvalue weighted by Crippen LogP contribution is 2.30. The van der Waals surface area contributed by atoms with Crippen molar-refractivity contribution in [2.24, 2.45) is 0 Å². The summed E-state index contributed by atoms with van der Waals surface area (Å²) in [5.41, 5.74) is 7.20. The third-order valence-corrected chi connectivity index (χ3v) is 3.62. The zero-order chi connectivity index (χ0) is 19.8. The molecule has 2 aromatic rings. The predicted octanol–water partition coefficient (Wildman–Crippen LogP) is 1.62. The zero-order valence-corrected chi connectivity index (χ0v) is 15.0. The lowest BCUT2D eigenvalue weighted by molar-refractivity contribution is -0.107. The lowest BCUT2D eigenvalue weighted by atomic mass is 10.1. The van der Waals surface area contributed by atoms with E-state index in [4.69, 9.17) is 20.3 Å². The number of anilines is 3. The molecule has 0 saturated heterocycles. The zero-order valence-electron chi connectivity index (χ0n) is 15.0. The normalized spacial score (nSPS) is 9.93. The highest BCUT2D eigenvalue weighted by molar-refractivity contribution is 5.88. The maximum absolute atomic E-state index is 11.7. The van der Waals surface area contributed by atoms with Crippen molar-refractivity contribution in [2.75, 3.05) is 43.3 Å². The number of benzene rings is 1. The minimum absolute atomic E-state index is 0. The van der Waals surface area contributed by atoms with E-state index in [9.17, 15) is 9.59 Å². The lowest BCUT2D eigenvalue weighted by Crippen LogP contribution is -2.24. The van der Waals surface area contributed by atoms with Crippen molar-refractivity contribution in [3.63, 3.8) is 0 Å². The number of nitrogens with one attached hydrogen (secondary N) is 1. The Hall–Kier alpha value is -3.40. The molecule has 2 rings (SSSR count). The molecule has 0 aliphatic rings. The number of carboxylic acid groups (broad SMARTS) is 1. The summed E-state index contributed by atoms with van der Waals surface area (Å²) in [6, 6.07) is 6.20. The molecule has 0 spiro atoms. The van der Waals surface area contributed by atoms with Crippen LogP contribution in [-0.2, 0) is 16.1 Å². The van der Waals surface area contributed by atoms with Crippen molar-refractivity contribution in [1.82, 2.24) is 9.97 Å². The van der Waals surface area contributed by atoms with Gasteiger partial charge >= 0.3 is 12.0 Å². The van der Waals surface area contributed by atoms with Gasteiger partial charge in [0.05, 0.1) is 18.7 Å². The number of nitrogens with zero attached hydrogens (tertiary/aromatic N) is 3. The Morgan fingerprint density at radius 1 is 1.29 bits per heavy atom. The second-order valence-electron chi connectivity index (χ2n) is 5.42. The number of rotatable bonds is 10. The Kier molecular flexibility index (Phi) is 8.63. The van der Waals surface area contributed by atoms with Gasteiger partial charge in [-0.15, -0.1) is 0 Å². The molecule has 1 aromatic heterocycles. The molecule has 10 nitrogen and oxygen atoms in total. The van der Waals surface area contributed by atoms with Crippen LogP contribution in [0.3, 0.4) is 0 Å². The van der Waals surface area contributed by atoms with Crippen LogP contribution >= 0.6 is 0 Å². The van der Waals surface area contributed by atoms with Crippen molar-refractivity contribution in [3.05, 3.63) is 35.4 Å². The minimum Gasteiger partial charge on any atom is -0.478 e. The topological polar surface area (TPSA) is 140 Å². The average Bonchev–Trinajstić information content (AvgIpc) is 2.66. The molecule has 0 bridgehead atoms. The van der Waals surface area contributed by atoms with Gasteiger partial charge in [-0.05, 0) is 17.7 Å². The van der Waals surface area contributed by atoms with Gasteiger partial charge < -0.3 is 25.6 Å². The number of methoxy groups -OCH3 is 1. The molecule has 152 valence electrons. The van der Waals surface area contributed by atoms with Crippen LogP contribution in [-0.4, -0.2) is 54.8 Å². The van der Waals surface area contributed by atoms with Gasteiger partial charge in [-0.3, -0.25) is 9.69 Å². The molecule has 0 radical (unpaired) electrons. The third-order valence-electron chi connectivity index (χ3n) is 3.62. The number of amides is 1. The van der Waals surface area contributed by atoms with Crippen LogP contribution in [0, 0.1) is 0 Å². The van der Waals surface area contributed by atoms with Crippen LogP contribution in [0.5, 0.6) is 6.01 Å². The molecular weight excluding hydrogens is 366 g/mol. The minimum atomic E-state index is -1.02. The summed E-state index contributed by atoms with van der Waals surface area (Å²) >= 11 is 0. The van der Waals surface area contributed by atoms with Crippen molar-refractivity contribution >= 4 is 29.7 Å². The summed E-state index contributed by atoms with van der Waals surface area (Å²) in [7, 11) is 3.17. The van der Waals surface area contributed by atoms with Crippen LogP contribution in [0.4, 0.5) is 17.3 Å². The highest BCUT2D eigenvalue weighted by Gasteiger charge is 2.19. The number of aromatic carboxylic acids is 1. The first kappa shape index (κ1) is 22.6. The second kappa shape index (κ2) is 10.7. The lowest BCUT2D eigenvalue weighted by Gasteiger charge is -2.21. The number of aromatic nitrogens is 2. The molecule has 1 amide bonds. The number of carboxylic acids is 1. The van der Waals surface area contributed by atoms with Crippen LogP contribution < -0.4 is 20.7 Å². The fourth-order valence-corrected chi connectivity index (χ4v) is 2.29. The highest BCUT2D eigenvalue weighted by atomic mass is 16.5. The number of hydrogen-bond donors (Lipinski definition) is 3. The molecular formula is C18H25N5O5. The molecule has 28 heavy (non-hydrogen) atoms. The Morgan fingerprint density at radius 3 is 2.50 bits per heavy atom. The van der Waals surface area contributed by atoms with Gasteiger partial charge in [-0.1, -0.05) is 19.6 Å². The molecule has 4 N–H and O–H groups in total. The van der Waals surface area contributed by atoms with Gasteiger partial charge in [0.15, 0.2) is 11.6 Å². The van der Waals surface area contributed by atoms with E-state index in [1.165, 1.54) is 24.1 Å². The molecule has 10 heteroatoms. The number of hydrogen-bond acceptors (Lipinski definition) is 8. The van der Waals surface area contributed by atoms with Gasteiger partial charge in [-0.2, -0.15) is 9.97 Å². The van der Waals surface area contributed by atoms with Crippen molar-refractivity contribution in [3.8, 4) is 6.01 Å². The van der Waals surface area contributed by atoms with E-state index in [0.29, 0.717) is 24.3 Å². The maximum atomic E-state index is 11.7. The van der Waals surface area contributed by atoms with Gasteiger partial charge in [0.1, 0.15) is 12.3 Å².